The minimum atomic E-state index is -0.0544. The minimum Gasteiger partial charge on any atom is -0.389 e. The van der Waals surface area contributed by atoms with Crippen LogP contribution in [0.3, 0.4) is 0 Å². The van der Waals surface area contributed by atoms with Crippen LogP contribution in [0.1, 0.15) is 22.3 Å². The van der Waals surface area contributed by atoms with Crippen LogP contribution < -0.4 is 5.73 Å². The number of methoxy groups -OCH3 is 2. The second kappa shape index (κ2) is 9.44. The molecule has 2 N–H and O–H groups in total. The molecule has 1 aromatic carbocycles. The van der Waals surface area contributed by atoms with Crippen molar-refractivity contribution in [2.75, 3.05) is 40.5 Å². The summed E-state index contributed by atoms with van der Waals surface area (Å²) in [5.41, 5.74) is 6.88. The number of nitrogens with two attached hydrogens (primary N) is 1. The fourth-order valence-corrected chi connectivity index (χ4v) is 2.03. The van der Waals surface area contributed by atoms with Crippen LogP contribution in [-0.2, 0) is 9.47 Å². The SMILES string of the molecule is COCCCN(CCOC)C(=O)c1cccc(C(N)=S)c1. The Hall–Kier alpha value is -1.50. The summed E-state index contributed by atoms with van der Waals surface area (Å²) in [6, 6.07) is 7.07. The zero-order valence-electron chi connectivity index (χ0n) is 12.5. The molecule has 0 atom stereocenters. The van der Waals surface area contributed by atoms with Crippen molar-refractivity contribution >= 4 is 23.1 Å². The molecule has 0 aliphatic rings. The van der Waals surface area contributed by atoms with Crippen molar-refractivity contribution in [3.8, 4) is 0 Å². The normalized spacial score (nSPS) is 10.4. The number of carbonyl (C=O) groups excluding carboxylic acids is 1. The van der Waals surface area contributed by atoms with Crippen molar-refractivity contribution < 1.29 is 14.3 Å². The highest BCUT2D eigenvalue weighted by molar-refractivity contribution is 7.80. The fourth-order valence-electron chi connectivity index (χ4n) is 1.90. The summed E-state index contributed by atoms with van der Waals surface area (Å²) < 4.78 is 10.1. The lowest BCUT2D eigenvalue weighted by atomic mass is 10.1. The number of thiocarbonyl (C=S) groups is 1. The van der Waals surface area contributed by atoms with Crippen LogP contribution in [0.25, 0.3) is 0 Å². The summed E-state index contributed by atoms with van der Waals surface area (Å²) in [6.07, 6.45) is 0.779. The van der Waals surface area contributed by atoms with Crippen LogP contribution in [0.4, 0.5) is 0 Å². The number of rotatable bonds is 9. The van der Waals surface area contributed by atoms with E-state index in [1.54, 1.807) is 43.4 Å². The molecular weight excluding hydrogens is 288 g/mol. The van der Waals surface area contributed by atoms with Gasteiger partial charge in [-0.3, -0.25) is 4.79 Å². The Kier molecular flexibility index (Phi) is 7.89. The van der Waals surface area contributed by atoms with Crippen LogP contribution in [0, 0.1) is 0 Å². The summed E-state index contributed by atoms with van der Waals surface area (Å²) in [7, 11) is 3.26. The quantitative estimate of drug-likeness (QED) is 0.552. The lowest BCUT2D eigenvalue weighted by Crippen LogP contribution is -2.35. The van der Waals surface area contributed by atoms with Gasteiger partial charge in [0.25, 0.3) is 5.91 Å². The summed E-state index contributed by atoms with van der Waals surface area (Å²) in [5.74, 6) is -0.0544. The van der Waals surface area contributed by atoms with E-state index in [1.165, 1.54) is 0 Å². The first-order valence-electron chi connectivity index (χ1n) is 6.77. The number of benzene rings is 1. The standard InChI is InChI=1S/C15H22N2O3S/c1-19-9-4-7-17(8-10-20-2)15(18)13-6-3-5-12(11-13)14(16)21/h3,5-6,11H,4,7-10H2,1-2H3,(H2,16,21). The third-order valence-electron chi connectivity index (χ3n) is 3.02. The number of hydrogen-bond donors (Lipinski definition) is 1. The van der Waals surface area contributed by atoms with E-state index in [2.05, 4.69) is 0 Å². The largest absolute Gasteiger partial charge is 0.389 e. The molecule has 116 valence electrons. The number of ether oxygens (including phenoxy) is 2. The zero-order valence-corrected chi connectivity index (χ0v) is 13.3. The van der Waals surface area contributed by atoms with Crippen LogP contribution in [0.5, 0.6) is 0 Å². The van der Waals surface area contributed by atoms with E-state index in [9.17, 15) is 4.79 Å². The van der Waals surface area contributed by atoms with E-state index >= 15 is 0 Å². The zero-order chi connectivity index (χ0) is 15.7. The lowest BCUT2D eigenvalue weighted by Gasteiger charge is -2.22. The molecule has 1 amide bonds. The molecule has 0 bridgehead atoms. The molecule has 21 heavy (non-hydrogen) atoms. The fraction of sp³-hybridized carbons (Fsp3) is 0.467. The van der Waals surface area contributed by atoms with E-state index in [-0.39, 0.29) is 10.9 Å². The molecule has 6 heteroatoms. The molecular formula is C15H22N2O3S. The molecule has 0 unspecified atom stereocenters. The van der Waals surface area contributed by atoms with Gasteiger partial charge in [-0.05, 0) is 18.6 Å². The molecule has 0 heterocycles. The van der Waals surface area contributed by atoms with E-state index in [0.717, 1.165) is 6.42 Å². The Morgan fingerprint density at radius 1 is 1.19 bits per heavy atom. The Morgan fingerprint density at radius 2 is 1.86 bits per heavy atom. The van der Waals surface area contributed by atoms with Crippen molar-refractivity contribution in [1.29, 1.82) is 0 Å². The lowest BCUT2D eigenvalue weighted by molar-refractivity contribution is 0.0674. The Balaban J connectivity index is 2.82. The molecule has 5 nitrogen and oxygen atoms in total. The molecule has 0 aromatic heterocycles. The van der Waals surface area contributed by atoms with Gasteiger partial charge in [-0.1, -0.05) is 24.4 Å². The summed E-state index contributed by atoms with van der Waals surface area (Å²) in [4.78, 5) is 14.6. The highest BCUT2D eigenvalue weighted by Gasteiger charge is 2.15. The number of hydrogen-bond acceptors (Lipinski definition) is 4. The van der Waals surface area contributed by atoms with Crippen molar-refractivity contribution in [3.63, 3.8) is 0 Å². The van der Waals surface area contributed by atoms with Crippen molar-refractivity contribution in [2.24, 2.45) is 5.73 Å². The first kappa shape index (κ1) is 17.6. The van der Waals surface area contributed by atoms with Gasteiger partial charge in [0.1, 0.15) is 4.99 Å². The van der Waals surface area contributed by atoms with Crippen molar-refractivity contribution in [2.45, 2.75) is 6.42 Å². The van der Waals surface area contributed by atoms with E-state index < -0.39 is 0 Å². The third kappa shape index (κ3) is 5.79. The second-order valence-corrected chi connectivity index (χ2v) is 5.02. The first-order valence-corrected chi connectivity index (χ1v) is 7.18. The molecule has 0 aliphatic heterocycles. The van der Waals surface area contributed by atoms with Gasteiger partial charge in [-0.2, -0.15) is 0 Å². The van der Waals surface area contributed by atoms with Crippen molar-refractivity contribution in [3.05, 3.63) is 35.4 Å². The summed E-state index contributed by atoms with van der Waals surface area (Å²) in [6.45, 7) is 2.26. The van der Waals surface area contributed by atoms with Crippen molar-refractivity contribution in [1.82, 2.24) is 4.90 Å². The predicted molar refractivity (Wildman–Crippen MR) is 86.6 cm³/mol. The van der Waals surface area contributed by atoms with Gasteiger partial charge in [0.15, 0.2) is 0 Å². The van der Waals surface area contributed by atoms with Gasteiger partial charge in [-0.15, -0.1) is 0 Å². The van der Waals surface area contributed by atoms with Gasteiger partial charge in [0.2, 0.25) is 0 Å². The van der Waals surface area contributed by atoms with Crippen LogP contribution in [-0.4, -0.2) is 56.3 Å². The maximum atomic E-state index is 12.6. The van der Waals surface area contributed by atoms with Gasteiger partial charge < -0.3 is 20.1 Å². The second-order valence-electron chi connectivity index (χ2n) is 4.58. The van der Waals surface area contributed by atoms with E-state index in [1.807, 2.05) is 0 Å². The molecule has 0 spiro atoms. The first-order chi connectivity index (χ1) is 10.1. The third-order valence-corrected chi connectivity index (χ3v) is 3.26. The number of nitrogens with zero attached hydrogens (tertiary/aromatic N) is 1. The predicted octanol–water partition coefficient (Wildman–Crippen LogP) is 1.45. The number of amides is 1. The van der Waals surface area contributed by atoms with Crippen LogP contribution in [0.15, 0.2) is 24.3 Å². The molecule has 0 radical (unpaired) electrons. The Labute approximate surface area is 131 Å². The summed E-state index contributed by atoms with van der Waals surface area (Å²) >= 11 is 4.95. The topological polar surface area (TPSA) is 64.8 Å². The van der Waals surface area contributed by atoms with Crippen LogP contribution >= 0.6 is 12.2 Å². The Bertz CT molecular complexity index is 480. The maximum Gasteiger partial charge on any atom is 0.253 e. The van der Waals surface area contributed by atoms with Gasteiger partial charge in [0, 0.05) is 45.0 Å². The Morgan fingerprint density at radius 3 is 2.48 bits per heavy atom. The molecule has 0 saturated carbocycles. The molecule has 0 fully saturated rings. The van der Waals surface area contributed by atoms with E-state index in [0.29, 0.717) is 37.4 Å². The summed E-state index contributed by atoms with van der Waals surface area (Å²) in [5, 5.41) is 0. The molecule has 1 aromatic rings. The number of carbonyl (C=O) groups is 1. The average molecular weight is 310 g/mol. The highest BCUT2D eigenvalue weighted by Crippen LogP contribution is 2.09. The molecule has 0 aliphatic carbocycles. The maximum absolute atomic E-state index is 12.6. The minimum absolute atomic E-state index is 0.0544. The van der Waals surface area contributed by atoms with Crippen LogP contribution in [0.2, 0.25) is 0 Å². The average Bonchev–Trinajstić information content (AvgIpc) is 2.50. The monoisotopic (exact) mass is 310 g/mol. The van der Waals surface area contributed by atoms with Gasteiger partial charge in [0.05, 0.1) is 6.61 Å². The highest BCUT2D eigenvalue weighted by atomic mass is 32.1. The van der Waals surface area contributed by atoms with E-state index in [4.69, 9.17) is 27.4 Å². The van der Waals surface area contributed by atoms with Gasteiger partial charge in [-0.25, -0.2) is 0 Å². The van der Waals surface area contributed by atoms with Gasteiger partial charge >= 0.3 is 0 Å². The molecule has 0 saturated heterocycles. The smallest absolute Gasteiger partial charge is 0.253 e. The molecule has 1 rings (SSSR count).